The third-order valence-electron chi connectivity index (χ3n) is 3.93. The van der Waals surface area contributed by atoms with E-state index >= 15 is 0 Å². The molecule has 3 heterocycles. The Labute approximate surface area is 151 Å². The summed E-state index contributed by atoms with van der Waals surface area (Å²) in [6, 6.07) is 9.95. The van der Waals surface area contributed by atoms with Crippen LogP contribution in [0.1, 0.15) is 11.4 Å². The molecule has 5 nitrogen and oxygen atoms in total. The van der Waals surface area contributed by atoms with E-state index in [9.17, 15) is 0 Å². The van der Waals surface area contributed by atoms with Crippen molar-refractivity contribution in [3.05, 3.63) is 52.4 Å². The minimum absolute atomic E-state index is 0.432. The SMILES string of the molecule is [CH2]c1nc2c(N)nc3cc(Br)sc3c2n1Cc1ccc(OC)cc1. The van der Waals surface area contributed by atoms with Crippen molar-refractivity contribution in [1.82, 2.24) is 14.5 Å². The summed E-state index contributed by atoms with van der Waals surface area (Å²) in [7, 11) is 1.66. The molecular formula is C17H14BrN4OS. The van der Waals surface area contributed by atoms with Gasteiger partial charge in [0.1, 0.15) is 17.1 Å². The van der Waals surface area contributed by atoms with Gasteiger partial charge in [-0.3, -0.25) is 0 Å². The lowest BCUT2D eigenvalue weighted by atomic mass is 10.2. The molecule has 0 amide bonds. The van der Waals surface area contributed by atoms with Crippen LogP contribution in [-0.4, -0.2) is 21.6 Å². The number of anilines is 1. The minimum Gasteiger partial charge on any atom is -0.497 e. The van der Waals surface area contributed by atoms with Crippen LogP contribution in [0.4, 0.5) is 5.82 Å². The van der Waals surface area contributed by atoms with Crippen LogP contribution in [0.5, 0.6) is 5.75 Å². The number of nitrogens with two attached hydrogens (primary N) is 1. The molecule has 4 aromatic rings. The number of nitrogen functional groups attached to an aromatic ring is 1. The Bertz CT molecular complexity index is 1050. The van der Waals surface area contributed by atoms with Crippen LogP contribution in [0, 0.1) is 6.92 Å². The van der Waals surface area contributed by atoms with E-state index in [1.54, 1.807) is 18.4 Å². The fraction of sp³-hybridized carbons (Fsp3) is 0.118. The van der Waals surface area contributed by atoms with Crippen molar-refractivity contribution in [3.63, 3.8) is 0 Å². The second-order valence-corrected chi connectivity index (χ2v) is 7.85. The summed E-state index contributed by atoms with van der Waals surface area (Å²) in [6.45, 7) is 4.74. The molecular weight excluding hydrogens is 388 g/mol. The van der Waals surface area contributed by atoms with E-state index in [-0.39, 0.29) is 0 Å². The first-order valence-electron chi connectivity index (χ1n) is 7.26. The number of ether oxygens (including phenoxy) is 1. The van der Waals surface area contributed by atoms with Gasteiger partial charge in [0, 0.05) is 13.5 Å². The third-order valence-corrected chi connectivity index (χ3v) is 5.56. The first-order valence-corrected chi connectivity index (χ1v) is 8.87. The predicted molar refractivity (Wildman–Crippen MR) is 102 cm³/mol. The van der Waals surface area contributed by atoms with Gasteiger partial charge in [-0.05, 0) is 39.7 Å². The maximum absolute atomic E-state index is 6.10. The number of thiophene rings is 1. The highest BCUT2D eigenvalue weighted by atomic mass is 79.9. The second-order valence-electron chi connectivity index (χ2n) is 5.42. The number of hydrogen-bond donors (Lipinski definition) is 1. The number of rotatable bonds is 3. The van der Waals surface area contributed by atoms with Gasteiger partial charge in [0.05, 0.1) is 26.6 Å². The molecule has 3 aromatic heterocycles. The molecule has 0 bridgehead atoms. The molecule has 0 saturated heterocycles. The van der Waals surface area contributed by atoms with Gasteiger partial charge in [-0.25, -0.2) is 9.97 Å². The number of nitrogens with zero attached hydrogens (tertiary/aromatic N) is 3. The van der Waals surface area contributed by atoms with Crippen LogP contribution in [0.2, 0.25) is 0 Å². The van der Waals surface area contributed by atoms with Gasteiger partial charge in [-0.2, -0.15) is 0 Å². The van der Waals surface area contributed by atoms with Crippen molar-refractivity contribution >= 4 is 54.3 Å². The summed E-state index contributed by atoms with van der Waals surface area (Å²) in [5.74, 6) is 1.94. The average molecular weight is 402 g/mol. The molecule has 0 aliphatic heterocycles. The zero-order valence-electron chi connectivity index (χ0n) is 12.9. The molecule has 4 rings (SSSR count). The van der Waals surface area contributed by atoms with Crippen LogP contribution in [-0.2, 0) is 6.54 Å². The van der Waals surface area contributed by atoms with Crippen molar-refractivity contribution in [2.75, 3.05) is 12.8 Å². The van der Waals surface area contributed by atoms with E-state index in [0.29, 0.717) is 23.7 Å². The number of methoxy groups -OCH3 is 1. The number of hydrogen-bond acceptors (Lipinski definition) is 5. The standard InChI is InChI=1S/C17H14BrN4OS/c1-9-20-14-15(16-12(21-17(14)19)7-13(18)24-16)22(9)8-10-3-5-11(23-2)6-4-10/h3-7H,1,8H2,2H3,(H2,19,21). The van der Waals surface area contributed by atoms with Gasteiger partial charge in [-0.15, -0.1) is 11.3 Å². The van der Waals surface area contributed by atoms with Gasteiger partial charge < -0.3 is 15.0 Å². The van der Waals surface area contributed by atoms with E-state index in [4.69, 9.17) is 10.5 Å². The summed E-state index contributed by atoms with van der Waals surface area (Å²) in [5.41, 5.74) is 9.79. The smallest absolute Gasteiger partial charge is 0.152 e. The molecule has 0 aliphatic rings. The van der Waals surface area contributed by atoms with Crippen molar-refractivity contribution in [1.29, 1.82) is 0 Å². The molecule has 0 atom stereocenters. The van der Waals surface area contributed by atoms with Crippen LogP contribution >= 0.6 is 27.3 Å². The van der Waals surface area contributed by atoms with E-state index in [2.05, 4.69) is 37.4 Å². The molecule has 0 fully saturated rings. The van der Waals surface area contributed by atoms with E-state index < -0.39 is 0 Å². The number of fused-ring (bicyclic) bond motifs is 3. The number of benzene rings is 1. The Balaban J connectivity index is 1.91. The maximum Gasteiger partial charge on any atom is 0.152 e. The summed E-state index contributed by atoms with van der Waals surface area (Å²) < 4.78 is 9.37. The van der Waals surface area contributed by atoms with Crippen molar-refractivity contribution in [3.8, 4) is 5.75 Å². The van der Waals surface area contributed by atoms with Gasteiger partial charge in [0.2, 0.25) is 0 Å². The van der Waals surface area contributed by atoms with E-state index in [1.807, 2.05) is 30.3 Å². The Kier molecular flexibility index (Phi) is 3.69. The molecule has 0 unspecified atom stereocenters. The van der Waals surface area contributed by atoms with Gasteiger partial charge >= 0.3 is 0 Å². The molecule has 121 valence electrons. The first kappa shape index (κ1) is 15.4. The fourth-order valence-corrected chi connectivity index (χ4v) is 4.36. The van der Waals surface area contributed by atoms with Crippen LogP contribution < -0.4 is 10.5 Å². The molecule has 24 heavy (non-hydrogen) atoms. The van der Waals surface area contributed by atoms with Crippen molar-refractivity contribution < 1.29 is 4.74 Å². The largest absolute Gasteiger partial charge is 0.497 e. The van der Waals surface area contributed by atoms with E-state index in [1.165, 1.54) is 0 Å². The van der Waals surface area contributed by atoms with Gasteiger partial charge in [0.25, 0.3) is 0 Å². The summed E-state index contributed by atoms with van der Waals surface area (Å²) >= 11 is 5.15. The number of pyridine rings is 1. The monoisotopic (exact) mass is 401 g/mol. The Morgan fingerprint density at radius 3 is 2.75 bits per heavy atom. The lowest BCUT2D eigenvalue weighted by Crippen LogP contribution is -2.02. The lowest BCUT2D eigenvalue weighted by Gasteiger charge is -2.09. The van der Waals surface area contributed by atoms with E-state index in [0.717, 1.165) is 30.8 Å². The number of aromatic nitrogens is 3. The van der Waals surface area contributed by atoms with Gasteiger partial charge in [0.15, 0.2) is 5.82 Å². The van der Waals surface area contributed by atoms with Crippen molar-refractivity contribution in [2.24, 2.45) is 0 Å². The topological polar surface area (TPSA) is 66.0 Å². The second kappa shape index (κ2) is 5.75. The number of halogens is 1. The molecule has 1 aromatic carbocycles. The van der Waals surface area contributed by atoms with Crippen molar-refractivity contribution in [2.45, 2.75) is 6.54 Å². The zero-order valence-corrected chi connectivity index (χ0v) is 15.3. The molecule has 1 radical (unpaired) electrons. The highest BCUT2D eigenvalue weighted by Gasteiger charge is 2.17. The maximum atomic E-state index is 6.10. The third kappa shape index (κ3) is 2.44. The Morgan fingerprint density at radius 2 is 2.04 bits per heavy atom. The summed E-state index contributed by atoms with van der Waals surface area (Å²) in [5, 5.41) is 0. The lowest BCUT2D eigenvalue weighted by molar-refractivity contribution is 0.414. The van der Waals surface area contributed by atoms with Crippen LogP contribution in [0.15, 0.2) is 34.1 Å². The minimum atomic E-state index is 0.432. The Hall–Kier alpha value is -2.12. The predicted octanol–water partition coefficient (Wildman–Crippen LogP) is 4.23. The number of imidazole rings is 1. The average Bonchev–Trinajstić information content (AvgIpc) is 3.09. The van der Waals surface area contributed by atoms with Crippen LogP contribution in [0.3, 0.4) is 0 Å². The summed E-state index contributed by atoms with van der Waals surface area (Å²) in [4.78, 5) is 8.98. The highest BCUT2D eigenvalue weighted by Crippen LogP contribution is 2.36. The molecule has 0 saturated carbocycles. The summed E-state index contributed by atoms with van der Waals surface area (Å²) in [6.07, 6.45) is 0. The zero-order chi connectivity index (χ0) is 16.8. The normalized spacial score (nSPS) is 11.5. The fourth-order valence-electron chi connectivity index (χ4n) is 2.78. The quantitative estimate of drug-likeness (QED) is 0.557. The van der Waals surface area contributed by atoms with Crippen LogP contribution in [0.25, 0.3) is 21.3 Å². The molecule has 7 heteroatoms. The molecule has 0 aliphatic carbocycles. The highest BCUT2D eigenvalue weighted by molar-refractivity contribution is 9.11. The molecule has 2 N–H and O–H groups in total. The first-order chi connectivity index (χ1) is 11.6. The Morgan fingerprint density at radius 1 is 1.29 bits per heavy atom. The van der Waals surface area contributed by atoms with Gasteiger partial charge in [-0.1, -0.05) is 12.1 Å². The molecule has 0 spiro atoms.